The van der Waals surface area contributed by atoms with Gasteiger partial charge in [0.15, 0.2) is 6.29 Å². The molecule has 2 heterocycles. The van der Waals surface area contributed by atoms with Gasteiger partial charge in [0.1, 0.15) is 11.6 Å². The number of para-hydroxylation sites is 2. The largest absolute Gasteiger partial charge is 0.459 e. The number of hydrogen-bond acceptors (Lipinski definition) is 9. The van der Waals surface area contributed by atoms with Gasteiger partial charge < -0.3 is 35.7 Å². The number of amides is 2. The van der Waals surface area contributed by atoms with Crippen molar-refractivity contribution in [3.8, 4) is 11.1 Å². The molecule has 4 aromatic rings. The third kappa shape index (κ3) is 11.3. The van der Waals surface area contributed by atoms with Crippen molar-refractivity contribution in [1.29, 1.82) is 0 Å². The molecule has 296 valence electrons. The molecular weight excluding hydrogens is 709 g/mol. The van der Waals surface area contributed by atoms with Crippen LogP contribution in [-0.2, 0) is 41.7 Å². The number of likely N-dealkylation sites (tertiary alicyclic amines) is 1. The number of anilines is 2. The number of nitrogens with two attached hydrogens (primary N) is 1. The number of aliphatic hydroxyl groups is 1. The minimum Gasteiger partial charge on any atom is -0.459 e. The molecule has 6 rings (SSSR count). The van der Waals surface area contributed by atoms with Gasteiger partial charge in [-0.05, 0) is 98.7 Å². The number of carbonyl (C=O) groups excluding carboxylic acids is 3. The third-order valence-corrected chi connectivity index (χ3v) is 10.0. The number of nitrogens with zero attached hydrogens (tertiary/aromatic N) is 1. The molecule has 2 amide bonds. The molecule has 0 radical (unpaired) electrons. The number of carbonyl (C=O) groups is 3. The van der Waals surface area contributed by atoms with Gasteiger partial charge in [-0.25, -0.2) is 0 Å². The highest BCUT2D eigenvalue weighted by Gasteiger charge is 2.39. The fourth-order valence-corrected chi connectivity index (χ4v) is 7.22. The molecule has 11 nitrogen and oxygen atoms in total. The van der Waals surface area contributed by atoms with Crippen LogP contribution in [0.2, 0.25) is 0 Å². The first-order valence-electron chi connectivity index (χ1n) is 19.5. The van der Waals surface area contributed by atoms with Crippen molar-refractivity contribution in [2.45, 2.75) is 103 Å². The van der Waals surface area contributed by atoms with Gasteiger partial charge in [0.25, 0.3) is 0 Å². The lowest BCUT2D eigenvalue weighted by Crippen LogP contribution is -2.45. The summed E-state index contributed by atoms with van der Waals surface area (Å²) in [5.74, 6) is -0.507. The van der Waals surface area contributed by atoms with Crippen LogP contribution >= 0.6 is 0 Å². The van der Waals surface area contributed by atoms with Crippen LogP contribution in [0.25, 0.3) is 11.1 Å². The van der Waals surface area contributed by atoms with E-state index in [9.17, 15) is 19.5 Å². The average molecular weight is 763 g/mol. The number of aliphatic hydroxyl groups excluding tert-OH is 1. The van der Waals surface area contributed by atoms with Crippen LogP contribution in [0.4, 0.5) is 11.4 Å². The van der Waals surface area contributed by atoms with E-state index >= 15 is 0 Å². The fourth-order valence-electron chi connectivity index (χ4n) is 7.22. The van der Waals surface area contributed by atoms with E-state index in [0.29, 0.717) is 37.3 Å². The summed E-state index contributed by atoms with van der Waals surface area (Å²) >= 11 is 0. The highest BCUT2D eigenvalue weighted by Crippen LogP contribution is 2.40. The quantitative estimate of drug-likeness (QED) is 0.0772. The number of rotatable bonds is 14. The Morgan fingerprint density at radius 2 is 1.59 bits per heavy atom. The molecular formula is C45H54N4O7. The van der Waals surface area contributed by atoms with Crippen molar-refractivity contribution in [3.05, 3.63) is 119 Å². The van der Waals surface area contributed by atoms with E-state index < -0.39 is 11.9 Å². The van der Waals surface area contributed by atoms with Crippen LogP contribution in [0.15, 0.2) is 97.1 Å². The molecule has 0 aromatic heterocycles. The number of benzene rings is 4. The highest BCUT2D eigenvalue weighted by atomic mass is 16.7. The third-order valence-electron chi connectivity index (χ3n) is 10.0. The Labute approximate surface area is 329 Å². The summed E-state index contributed by atoms with van der Waals surface area (Å²) in [5, 5.41) is 15.4. The molecule has 5 N–H and O–H groups in total. The molecule has 2 aliphatic heterocycles. The Morgan fingerprint density at radius 1 is 0.857 bits per heavy atom. The van der Waals surface area contributed by atoms with Crippen LogP contribution in [-0.4, -0.2) is 58.6 Å². The monoisotopic (exact) mass is 762 g/mol. The van der Waals surface area contributed by atoms with Crippen molar-refractivity contribution >= 4 is 29.2 Å². The van der Waals surface area contributed by atoms with E-state index in [1.54, 1.807) is 24.3 Å². The second-order valence-electron chi connectivity index (χ2n) is 15.6. The fraction of sp³-hybridized carbons (Fsp3) is 0.400. The summed E-state index contributed by atoms with van der Waals surface area (Å²) in [6, 6.07) is 30.7. The Kier molecular flexibility index (Phi) is 13.6. The molecule has 2 aliphatic rings. The summed E-state index contributed by atoms with van der Waals surface area (Å²) < 4.78 is 19.1. The van der Waals surface area contributed by atoms with Gasteiger partial charge in [0, 0.05) is 37.9 Å². The summed E-state index contributed by atoms with van der Waals surface area (Å²) in [4.78, 5) is 40.3. The predicted octanol–water partition coefficient (Wildman–Crippen LogP) is 7.20. The van der Waals surface area contributed by atoms with Crippen LogP contribution < -0.4 is 16.4 Å². The lowest BCUT2D eigenvalue weighted by atomic mass is 9.98. The molecule has 4 atom stereocenters. The summed E-state index contributed by atoms with van der Waals surface area (Å²) in [6.07, 6.45) is 2.00. The lowest BCUT2D eigenvalue weighted by molar-refractivity contribution is -0.253. The van der Waals surface area contributed by atoms with E-state index in [1.807, 2.05) is 81.4 Å². The maximum absolute atomic E-state index is 13.2. The van der Waals surface area contributed by atoms with Crippen molar-refractivity contribution < 1.29 is 33.7 Å². The zero-order valence-corrected chi connectivity index (χ0v) is 32.5. The van der Waals surface area contributed by atoms with Crippen LogP contribution in [0, 0.1) is 0 Å². The topological polar surface area (TPSA) is 152 Å². The van der Waals surface area contributed by atoms with Gasteiger partial charge >= 0.3 is 5.97 Å². The second-order valence-corrected chi connectivity index (χ2v) is 15.6. The lowest BCUT2D eigenvalue weighted by Gasteiger charge is -2.38. The molecule has 2 saturated heterocycles. The van der Waals surface area contributed by atoms with Gasteiger partial charge in [-0.15, -0.1) is 0 Å². The minimum atomic E-state index is -0.659. The van der Waals surface area contributed by atoms with E-state index in [2.05, 4.69) is 27.7 Å². The molecule has 2 fully saturated rings. The summed E-state index contributed by atoms with van der Waals surface area (Å²) in [6.45, 7) is 7.36. The second kappa shape index (κ2) is 18.7. The number of hydrogen-bond donors (Lipinski definition) is 4. The predicted molar refractivity (Wildman–Crippen MR) is 216 cm³/mol. The number of nitrogen functional groups attached to an aromatic ring is 1. The van der Waals surface area contributed by atoms with Gasteiger partial charge in [0.2, 0.25) is 11.8 Å². The van der Waals surface area contributed by atoms with Crippen molar-refractivity contribution in [3.63, 3.8) is 0 Å². The number of nitrogens with one attached hydrogen (secondary N) is 2. The molecule has 0 saturated carbocycles. The van der Waals surface area contributed by atoms with Crippen molar-refractivity contribution in [2.75, 3.05) is 24.1 Å². The van der Waals surface area contributed by atoms with Crippen LogP contribution in [0.1, 0.15) is 93.9 Å². The van der Waals surface area contributed by atoms with Gasteiger partial charge in [-0.2, -0.15) is 0 Å². The van der Waals surface area contributed by atoms with Crippen LogP contribution in [0.5, 0.6) is 0 Å². The van der Waals surface area contributed by atoms with E-state index in [4.69, 9.17) is 19.9 Å². The van der Waals surface area contributed by atoms with Crippen molar-refractivity contribution in [1.82, 2.24) is 10.2 Å². The Morgan fingerprint density at radius 3 is 2.34 bits per heavy atom. The van der Waals surface area contributed by atoms with Gasteiger partial charge in [-0.3, -0.25) is 19.3 Å². The Balaban J connectivity index is 1.10. The molecule has 0 spiro atoms. The van der Waals surface area contributed by atoms with Gasteiger partial charge in [-0.1, -0.05) is 72.8 Å². The molecule has 0 aliphatic carbocycles. The minimum absolute atomic E-state index is 0.0340. The van der Waals surface area contributed by atoms with Gasteiger partial charge in [0.05, 0.1) is 30.2 Å². The summed E-state index contributed by atoms with van der Waals surface area (Å²) in [7, 11) is 0. The normalized spacial score (nSPS) is 20.0. The van der Waals surface area contributed by atoms with Crippen LogP contribution in [0.3, 0.4) is 0 Å². The molecule has 56 heavy (non-hydrogen) atoms. The zero-order valence-electron chi connectivity index (χ0n) is 32.5. The van der Waals surface area contributed by atoms with E-state index in [1.165, 1.54) is 0 Å². The SMILES string of the molecule is CC(C)(C)OC(=O)[C@@H]1CCCN1C[C@@H]1C[C@H](c2ccc(CO)cc2)O[C@H](c2cccc(-c3cccc(CNC(=O)CCCC(=O)Nc4ccccc4N)c3)c2)O1. The van der Waals surface area contributed by atoms with Crippen molar-refractivity contribution in [2.24, 2.45) is 0 Å². The van der Waals surface area contributed by atoms with E-state index in [-0.39, 0.29) is 55.5 Å². The molecule has 11 heteroatoms. The Bertz CT molecular complexity index is 1960. The first-order valence-corrected chi connectivity index (χ1v) is 19.5. The molecule has 0 unspecified atom stereocenters. The van der Waals surface area contributed by atoms with E-state index in [0.717, 1.165) is 52.8 Å². The number of ether oxygens (including phenoxy) is 3. The summed E-state index contributed by atoms with van der Waals surface area (Å²) in [5.41, 5.74) is 12.0. The highest BCUT2D eigenvalue weighted by molar-refractivity contribution is 5.94. The molecule has 4 aromatic carbocycles. The first-order chi connectivity index (χ1) is 26.9. The standard InChI is InChI=1S/C45H54N4O7/c1-45(2,3)56-43(53)39-16-9-23-49(39)28-36-26-40(32-21-19-30(29-50)20-22-32)55-44(54-36)35-13-7-12-34(25-35)33-11-6-10-31(24-33)27-47-41(51)17-8-18-42(52)48-38-15-5-4-14-37(38)46/h4-7,10-15,19-22,24-25,36,39-40,44,50H,8-9,16-18,23,26-29,46H2,1-3H3,(H,47,51)(H,48,52)/t36-,39-,40+,44+/m0/s1. The number of esters is 1. The molecule has 0 bridgehead atoms. The first kappa shape index (κ1) is 40.6. The average Bonchev–Trinajstić information content (AvgIpc) is 3.66. The zero-order chi connectivity index (χ0) is 39.7. The maximum Gasteiger partial charge on any atom is 0.323 e. The smallest absolute Gasteiger partial charge is 0.323 e. The maximum atomic E-state index is 13.2. The Hall–Kier alpha value is -5.07.